The SMILES string of the molecule is CCOc1ccc(C(NC(=O)C(C)C)c2ccccc2)cc1. The number of hydrogen-bond donors (Lipinski definition) is 1. The summed E-state index contributed by atoms with van der Waals surface area (Å²) in [6, 6.07) is 17.7. The van der Waals surface area contributed by atoms with E-state index in [1.54, 1.807) is 0 Å². The van der Waals surface area contributed by atoms with Gasteiger partial charge in [-0.3, -0.25) is 4.79 Å². The fraction of sp³-hybridized carbons (Fsp3) is 0.316. The molecule has 0 aromatic heterocycles. The molecule has 116 valence electrons. The van der Waals surface area contributed by atoms with Crippen molar-refractivity contribution in [2.45, 2.75) is 26.8 Å². The van der Waals surface area contributed by atoms with Crippen LogP contribution in [-0.4, -0.2) is 12.5 Å². The van der Waals surface area contributed by atoms with Gasteiger partial charge < -0.3 is 10.1 Å². The van der Waals surface area contributed by atoms with E-state index < -0.39 is 0 Å². The number of rotatable bonds is 6. The average molecular weight is 297 g/mol. The average Bonchev–Trinajstić information content (AvgIpc) is 2.54. The molecule has 0 bridgehead atoms. The monoisotopic (exact) mass is 297 g/mol. The van der Waals surface area contributed by atoms with E-state index in [4.69, 9.17) is 4.74 Å². The van der Waals surface area contributed by atoms with Gasteiger partial charge in [0.2, 0.25) is 5.91 Å². The van der Waals surface area contributed by atoms with E-state index in [2.05, 4.69) is 5.32 Å². The molecule has 0 saturated carbocycles. The molecule has 0 fully saturated rings. The standard InChI is InChI=1S/C19H23NO2/c1-4-22-17-12-10-16(11-13-17)18(20-19(21)14(2)3)15-8-6-5-7-9-15/h5-14,18H,4H2,1-3H3,(H,20,21). The van der Waals surface area contributed by atoms with Crippen LogP contribution in [-0.2, 0) is 4.79 Å². The van der Waals surface area contributed by atoms with Gasteiger partial charge in [-0.2, -0.15) is 0 Å². The first kappa shape index (κ1) is 16.1. The van der Waals surface area contributed by atoms with Gasteiger partial charge in [0, 0.05) is 5.92 Å². The van der Waals surface area contributed by atoms with Crippen LogP contribution in [0, 0.1) is 5.92 Å². The summed E-state index contributed by atoms with van der Waals surface area (Å²) in [6.45, 7) is 6.40. The molecule has 0 heterocycles. The maximum absolute atomic E-state index is 12.1. The van der Waals surface area contributed by atoms with Crippen LogP contribution in [0.1, 0.15) is 37.9 Å². The molecule has 1 amide bonds. The Morgan fingerprint density at radius 1 is 1.00 bits per heavy atom. The summed E-state index contributed by atoms with van der Waals surface area (Å²) in [6.07, 6.45) is 0. The van der Waals surface area contributed by atoms with Crippen molar-refractivity contribution >= 4 is 5.91 Å². The van der Waals surface area contributed by atoms with Crippen LogP contribution >= 0.6 is 0 Å². The Morgan fingerprint density at radius 2 is 1.59 bits per heavy atom. The van der Waals surface area contributed by atoms with Crippen LogP contribution in [0.5, 0.6) is 5.75 Å². The molecule has 3 nitrogen and oxygen atoms in total. The molecular formula is C19H23NO2. The van der Waals surface area contributed by atoms with Crippen LogP contribution < -0.4 is 10.1 Å². The largest absolute Gasteiger partial charge is 0.494 e. The summed E-state index contributed by atoms with van der Waals surface area (Å²) in [5.74, 6) is 0.838. The molecule has 0 saturated heterocycles. The Labute approximate surface area is 132 Å². The third-order valence-electron chi connectivity index (χ3n) is 3.47. The lowest BCUT2D eigenvalue weighted by Crippen LogP contribution is -2.32. The molecule has 2 rings (SSSR count). The zero-order valence-electron chi connectivity index (χ0n) is 13.4. The van der Waals surface area contributed by atoms with Crippen molar-refractivity contribution in [3.8, 4) is 5.75 Å². The Balaban J connectivity index is 2.29. The van der Waals surface area contributed by atoms with E-state index in [0.717, 1.165) is 16.9 Å². The summed E-state index contributed by atoms with van der Waals surface area (Å²) in [5, 5.41) is 3.12. The Hall–Kier alpha value is -2.29. The van der Waals surface area contributed by atoms with Crippen LogP contribution in [0.25, 0.3) is 0 Å². The summed E-state index contributed by atoms with van der Waals surface area (Å²) in [7, 11) is 0. The van der Waals surface area contributed by atoms with E-state index in [9.17, 15) is 4.79 Å². The molecule has 2 aromatic rings. The first-order valence-electron chi connectivity index (χ1n) is 7.70. The van der Waals surface area contributed by atoms with Crippen LogP contribution in [0.2, 0.25) is 0 Å². The molecular weight excluding hydrogens is 274 g/mol. The molecule has 0 aliphatic carbocycles. The number of benzene rings is 2. The predicted molar refractivity (Wildman–Crippen MR) is 88.9 cm³/mol. The van der Waals surface area contributed by atoms with Crippen LogP contribution in [0.3, 0.4) is 0 Å². The van der Waals surface area contributed by atoms with Crippen molar-refractivity contribution < 1.29 is 9.53 Å². The Kier molecular flexibility index (Phi) is 5.59. The van der Waals surface area contributed by atoms with E-state index in [-0.39, 0.29) is 17.9 Å². The summed E-state index contributed by atoms with van der Waals surface area (Å²) in [5.41, 5.74) is 2.12. The van der Waals surface area contributed by atoms with Crippen molar-refractivity contribution in [1.29, 1.82) is 0 Å². The van der Waals surface area contributed by atoms with E-state index in [0.29, 0.717) is 6.61 Å². The smallest absolute Gasteiger partial charge is 0.223 e. The van der Waals surface area contributed by atoms with E-state index >= 15 is 0 Å². The zero-order chi connectivity index (χ0) is 15.9. The van der Waals surface area contributed by atoms with Gasteiger partial charge in [0.1, 0.15) is 5.75 Å². The lowest BCUT2D eigenvalue weighted by Gasteiger charge is -2.21. The maximum Gasteiger partial charge on any atom is 0.223 e. The molecule has 1 atom stereocenters. The van der Waals surface area contributed by atoms with Crippen molar-refractivity contribution in [3.63, 3.8) is 0 Å². The Bertz CT molecular complexity index is 591. The molecule has 22 heavy (non-hydrogen) atoms. The molecule has 0 radical (unpaired) electrons. The lowest BCUT2D eigenvalue weighted by molar-refractivity contribution is -0.124. The molecule has 1 N–H and O–H groups in total. The normalized spacial score (nSPS) is 12.0. The van der Waals surface area contributed by atoms with Crippen molar-refractivity contribution in [2.24, 2.45) is 5.92 Å². The van der Waals surface area contributed by atoms with Crippen LogP contribution in [0.4, 0.5) is 0 Å². The van der Waals surface area contributed by atoms with Gasteiger partial charge in [-0.25, -0.2) is 0 Å². The van der Waals surface area contributed by atoms with Gasteiger partial charge in [0.15, 0.2) is 0 Å². The quantitative estimate of drug-likeness (QED) is 0.877. The third kappa shape index (κ3) is 4.10. The Morgan fingerprint density at radius 3 is 2.14 bits per heavy atom. The number of carbonyl (C=O) groups excluding carboxylic acids is 1. The predicted octanol–water partition coefficient (Wildman–Crippen LogP) is 3.95. The van der Waals surface area contributed by atoms with Gasteiger partial charge in [-0.15, -0.1) is 0 Å². The van der Waals surface area contributed by atoms with E-state index in [1.807, 2.05) is 75.4 Å². The van der Waals surface area contributed by atoms with E-state index in [1.165, 1.54) is 0 Å². The minimum atomic E-state index is -0.147. The minimum absolute atomic E-state index is 0.0442. The summed E-state index contributed by atoms with van der Waals surface area (Å²) >= 11 is 0. The van der Waals surface area contributed by atoms with Crippen molar-refractivity contribution in [1.82, 2.24) is 5.32 Å². The number of carbonyl (C=O) groups is 1. The number of amides is 1. The summed E-state index contributed by atoms with van der Waals surface area (Å²) in [4.78, 5) is 12.1. The first-order chi connectivity index (χ1) is 10.6. The highest BCUT2D eigenvalue weighted by atomic mass is 16.5. The van der Waals surface area contributed by atoms with Crippen molar-refractivity contribution in [3.05, 3.63) is 65.7 Å². The molecule has 0 aliphatic heterocycles. The van der Waals surface area contributed by atoms with Crippen LogP contribution in [0.15, 0.2) is 54.6 Å². The van der Waals surface area contributed by atoms with Gasteiger partial charge in [-0.1, -0.05) is 56.3 Å². The molecule has 3 heteroatoms. The maximum atomic E-state index is 12.1. The third-order valence-corrected chi connectivity index (χ3v) is 3.47. The second-order valence-electron chi connectivity index (χ2n) is 5.51. The van der Waals surface area contributed by atoms with Gasteiger partial charge in [-0.05, 0) is 30.2 Å². The van der Waals surface area contributed by atoms with Crippen molar-refractivity contribution in [2.75, 3.05) is 6.61 Å². The highest BCUT2D eigenvalue weighted by molar-refractivity contribution is 5.78. The first-order valence-corrected chi connectivity index (χ1v) is 7.70. The minimum Gasteiger partial charge on any atom is -0.494 e. The molecule has 2 aromatic carbocycles. The highest BCUT2D eigenvalue weighted by Gasteiger charge is 2.18. The highest BCUT2D eigenvalue weighted by Crippen LogP contribution is 2.24. The molecule has 0 spiro atoms. The molecule has 1 unspecified atom stereocenters. The zero-order valence-corrected chi connectivity index (χ0v) is 13.4. The lowest BCUT2D eigenvalue weighted by atomic mass is 9.98. The number of ether oxygens (including phenoxy) is 1. The second kappa shape index (κ2) is 7.64. The molecule has 0 aliphatic rings. The fourth-order valence-corrected chi connectivity index (χ4v) is 2.24. The second-order valence-corrected chi connectivity index (χ2v) is 5.51. The van der Waals surface area contributed by atoms with Gasteiger partial charge in [0.05, 0.1) is 12.6 Å². The summed E-state index contributed by atoms with van der Waals surface area (Å²) < 4.78 is 5.48. The topological polar surface area (TPSA) is 38.3 Å². The fourth-order valence-electron chi connectivity index (χ4n) is 2.24. The van der Waals surface area contributed by atoms with Gasteiger partial charge >= 0.3 is 0 Å². The number of nitrogens with one attached hydrogen (secondary N) is 1. The van der Waals surface area contributed by atoms with Gasteiger partial charge in [0.25, 0.3) is 0 Å². The number of hydrogen-bond acceptors (Lipinski definition) is 2.